The van der Waals surface area contributed by atoms with E-state index in [0.29, 0.717) is 6.42 Å². The molecule has 29 heavy (non-hydrogen) atoms. The van der Waals surface area contributed by atoms with E-state index in [2.05, 4.69) is 16.9 Å². The van der Waals surface area contributed by atoms with E-state index in [1.165, 1.54) is 32.1 Å². The lowest BCUT2D eigenvalue weighted by Gasteiger charge is -2.07. The van der Waals surface area contributed by atoms with Gasteiger partial charge >= 0.3 is 0 Å². The molecule has 0 saturated heterocycles. The molecule has 0 spiro atoms. The highest BCUT2D eigenvalue weighted by Crippen LogP contribution is 2.20. The summed E-state index contributed by atoms with van der Waals surface area (Å²) in [6, 6.07) is 8.03. The summed E-state index contributed by atoms with van der Waals surface area (Å²) in [5, 5.41) is 0. The van der Waals surface area contributed by atoms with Crippen LogP contribution in [0.3, 0.4) is 0 Å². The van der Waals surface area contributed by atoms with Crippen LogP contribution in [0.1, 0.15) is 83.6 Å². The van der Waals surface area contributed by atoms with Crippen molar-refractivity contribution >= 4 is 0 Å². The number of ether oxygens (including phenoxy) is 1. The van der Waals surface area contributed by atoms with Gasteiger partial charge in [0.15, 0.2) is 5.82 Å². The maximum atomic E-state index is 12.8. The third kappa shape index (κ3) is 9.87. The van der Waals surface area contributed by atoms with Crippen LogP contribution in [0.2, 0.25) is 0 Å². The number of unbranched alkanes of at least 4 members (excludes halogenated alkanes) is 7. The minimum Gasteiger partial charge on any atom is -0.494 e. The number of benzene rings is 1. The predicted molar refractivity (Wildman–Crippen MR) is 119 cm³/mol. The topological polar surface area (TPSA) is 35.0 Å². The molecule has 4 heteroatoms. The van der Waals surface area contributed by atoms with Gasteiger partial charge in [0.25, 0.3) is 0 Å². The molecule has 0 aliphatic heterocycles. The van der Waals surface area contributed by atoms with Crippen LogP contribution >= 0.6 is 0 Å². The average Bonchev–Trinajstić information content (AvgIpc) is 2.74. The summed E-state index contributed by atoms with van der Waals surface area (Å²) >= 11 is 0. The second-order valence-electron chi connectivity index (χ2n) is 7.94. The van der Waals surface area contributed by atoms with Crippen molar-refractivity contribution in [3.63, 3.8) is 0 Å². The minimum atomic E-state index is -0.690. The second-order valence-corrected chi connectivity index (χ2v) is 7.94. The fourth-order valence-electron chi connectivity index (χ4n) is 3.34. The maximum absolute atomic E-state index is 12.8. The van der Waals surface area contributed by atoms with E-state index in [1.807, 2.05) is 36.7 Å². The van der Waals surface area contributed by atoms with Crippen molar-refractivity contribution in [2.24, 2.45) is 0 Å². The first kappa shape index (κ1) is 23.3. The average molecular weight is 401 g/mol. The molecule has 0 amide bonds. The van der Waals surface area contributed by atoms with E-state index < -0.39 is 6.17 Å². The summed E-state index contributed by atoms with van der Waals surface area (Å²) in [7, 11) is 0. The van der Waals surface area contributed by atoms with Crippen molar-refractivity contribution < 1.29 is 9.13 Å². The third-order valence-electron chi connectivity index (χ3n) is 5.15. The summed E-state index contributed by atoms with van der Waals surface area (Å²) < 4.78 is 18.6. The number of aryl methyl sites for hydroxylation is 1. The second kappa shape index (κ2) is 14.1. The van der Waals surface area contributed by atoms with E-state index in [0.717, 1.165) is 61.4 Å². The lowest BCUT2D eigenvalue weighted by atomic mass is 10.1. The van der Waals surface area contributed by atoms with Crippen LogP contribution in [-0.4, -0.2) is 22.7 Å². The van der Waals surface area contributed by atoms with Crippen molar-refractivity contribution in [2.75, 3.05) is 6.61 Å². The number of nitrogens with zero attached hydrogens (tertiary/aromatic N) is 2. The Hall–Kier alpha value is -1.97. The van der Waals surface area contributed by atoms with Crippen LogP contribution < -0.4 is 4.74 Å². The molecule has 1 aromatic heterocycles. The molecule has 3 nitrogen and oxygen atoms in total. The van der Waals surface area contributed by atoms with Gasteiger partial charge in [-0.2, -0.15) is 0 Å². The molecule has 0 bridgehead atoms. The lowest BCUT2D eigenvalue weighted by molar-refractivity contribution is 0.304. The number of hydrogen-bond donors (Lipinski definition) is 0. The minimum absolute atomic E-state index is 0.661. The van der Waals surface area contributed by atoms with Crippen LogP contribution in [0.4, 0.5) is 4.39 Å². The first-order chi connectivity index (χ1) is 14.2. The summed E-state index contributed by atoms with van der Waals surface area (Å²) in [6.07, 6.45) is 15.4. The fourth-order valence-corrected chi connectivity index (χ4v) is 3.34. The molecule has 0 fully saturated rings. The van der Waals surface area contributed by atoms with Crippen LogP contribution in [0.15, 0.2) is 36.7 Å². The molecule has 1 atom stereocenters. The van der Waals surface area contributed by atoms with Crippen molar-refractivity contribution in [2.45, 2.75) is 90.6 Å². The predicted octanol–water partition coefficient (Wildman–Crippen LogP) is 7.34. The molecular formula is C25H37FN2O. The van der Waals surface area contributed by atoms with Crippen molar-refractivity contribution in [1.82, 2.24) is 9.97 Å². The molecular weight excluding hydrogens is 363 g/mol. The SMILES string of the molecule is CCCCCCCCOc1ccc(-c2ncc(CCCCCC(C)F)cn2)cc1. The Bertz CT molecular complexity index is 656. The monoisotopic (exact) mass is 400 g/mol. The number of hydrogen-bond acceptors (Lipinski definition) is 3. The van der Waals surface area contributed by atoms with Gasteiger partial charge in [-0.05, 0) is 62.4 Å². The molecule has 160 valence electrons. The highest BCUT2D eigenvalue weighted by Gasteiger charge is 2.04. The zero-order valence-electron chi connectivity index (χ0n) is 18.2. The number of aromatic nitrogens is 2. The molecule has 2 rings (SSSR count). The third-order valence-corrected chi connectivity index (χ3v) is 5.15. The van der Waals surface area contributed by atoms with Crippen LogP contribution in [0.5, 0.6) is 5.75 Å². The summed E-state index contributed by atoms with van der Waals surface area (Å²) in [5.41, 5.74) is 2.14. The van der Waals surface area contributed by atoms with E-state index in [-0.39, 0.29) is 0 Å². The quantitative estimate of drug-likeness (QED) is 0.293. The lowest BCUT2D eigenvalue weighted by Crippen LogP contribution is -1.97. The Balaban J connectivity index is 1.69. The standard InChI is InChI=1S/C25H37FN2O/c1-3-4-5-6-7-11-18-29-24-16-14-23(15-17-24)25-27-19-22(20-28-25)13-10-8-9-12-21(2)26/h14-17,19-21H,3-13,18H2,1-2H3. The fraction of sp³-hybridized carbons (Fsp3) is 0.600. The summed E-state index contributed by atoms with van der Waals surface area (Å²) in [5.74, 6) is 1.64. The van der Waals surface area contributed by atoms with Crippen LogP contribution in [0.25, 0.3) is 11.4 Å². The first-order valence-electron chi connectivity index (χ1n) is 11.4. The Labute approximate surface area is 176 Å². The maximum Gasteiger partial charge on any atom is 0.159 e. The molecule has 1 heterocycles. The van der Waals surface area contributed by atoms with Gasteiger partial charge < -0.3 is 4.74 Å². The highest BCUT2D eigenvalue weighted by molar-refractivity contribution is 5.55. The normalized spacial score (nSPS) is 12.1. The van der Waals surface area contributed by atoms with Crippen molar-refractivity contribution in [1.29, 1.82) is 0 Å². The van der Waals surface area contributed by atoms with Gasteiger partial charge in [-0.25, -0.2) is 14.4 Å². The first-order valence-corrected chi connectivity index (χ1v) is 11.4. The van der Waals surface area contributed by atoms with Crippen molar-refractivity contribution in [3.8, 4) is 17.1 Å². The van der Waals surface area contributed by atoms with E-state index in [9.17, 15) is 4.39 Å². The summed E-state index contributed by atoms with van der Waals surface area (Å²) in [6.45, 7) is 4.65. The Morgan fingerprint density at radius 2 is 1.52 bits per heavy atom. The molecule has 0 N–H and O–H groups in total. The largest absolute Gasteiger partial charge is 0.494 e. The Kier molecular flexibility index (Phi) is 11.3. The zero-order chi connectivity index (χ0) is 20.7. The molecule has 0 aliphatic rings. The molecule has 2 aromatic rings. The number of alkyl halides is 1. The smallest absolute Gasteiger partial charge is 0.159 e. The molecule has 0 saturated carbocycles. The van der Waals surface area contributed by atoms with Gasteiger partial charge in [-0.15, -0.1) is 0 Å². The van der Waals surface area contributed by atoms with E-state index in [4.69, 9.17) is 4.74 Å². The van der Waals surface area contributed by atoms with E-state index >= 15 is 0 Å². The highest BCUT2D eigenvalue weighted by atomic mass is 19.1. The van der Waals surface area contributed by atoms with Gasteiger partial charge in [0.05, 0.1) is 12.8 Å². The zero-order valence-corrected chi connectivity index (χ0v) is 18.2. The number of halogens is 1. The van der Waals surface area contributed by atoms with Crippen LogP contribution in [-0.2, 0) is 6.42 Å². The molecule has 0 radical (unpaired) electrons. The van der Waals surface area contributed by atoms with Gasteiger partial charge in [-0.3, -0.25) is 0 Å². The Morgan fingerprint density at radius 1 is 0.862 bits per heavy atom. The van der Waals surface area contributed by atoms with Gasteiger partial charge in [0.1, 0.15) is 5.75 Å². The molecule has 1 unspecified atom stereocenters. The van der Waals surface area contributed by atoms with Gasteiger partial charge in [-0.1, -0.05) is 51.9 Å². The van der Waals surface area contributed by atoms with Gasteiger partial charge in [0.2, 0.25) is 0 Å². The van der Waals surface area contributed by atoms with Crippen molar-refractivity contribution in [3.05, 3.63) is 42.2 Å². The Morgan fingerprint density at radius 3 is 2.21 bits per heavy atom. The van der Waals surface area contributed by atoms with E-state index in [1.54, 1.807) is 6.92 Å². The molecule has 0 aliphatic carbocycles. The van der Waals surface area contributed by atoms with Crippen LogP contribution in [0, 0.1) is 0 Å². The number of rotatable bonds is 15. The molecule has 1 aromatic carbocycles. The van der Waals surface area contributed by atoms with Gasteiger partial charge in [0, 0.05) is 18.0 Å². The summed E-state index contributed by atoms with van der Waals surface area (Å²) in [4.78, 5) is 9.01.